The predicted molar refractivity (Wildman–Crippen MR) is 52.7 cm³/mol. The van der Waals surface area contributed by atoms with Crippen molar-refractivity contribution >= 4 is 0 Å². The Bertz CT molecular complexity index is 289. The van der Waals surface area contributed by atoms with Crippen molar-refractivity contribution in [3.63, 3.8) is 0 Å². The zero-order valence-corrected chi connectivity index (χ0v) is 8.26. The van der Waals surface area contributed by atoms with Crippen LogP contribution in [0.2, 0.25) is 0 Å². The van der Waals surface area contributed by atoms with Crippen molar-refractivity contribution in [1.82, 2.24) is 4.98 Å². The van der Waals surface area contributed by atoms with Gasteiger partial charge < -0.3 is 9.84 Å². The summed E-state index contributed by atoms with van der Waals surface area (Å²) in [5, 5.41) is 10.0. The first kappa shape index (κ1) is 9.62. The number of aliphatic hydroxyl groups is 1. The number of ether oxygens (including phenoxy) is 1. The van der Waals surface area contributed by atoms with Crippen LogP contribution in [0.15, 0.2) is 24.5 Å². The van der Waals surface area contributed by atoms with Crippen molar-refractivity contribution in [2.24, 2.45) is 5.92 Å². The summed E-state index contributed by atoms with van der Waals surface area (Å²) in [6.45, 7) is 2.69. The first-order chi connectivity index (χ1) is 6.77. The van der Waals surface area contributed by atoms with E-state index in [1.54, 1.807) is 12.4 Å². The fourth-order valence-corrected chi connectivity index (χ4v) is 1.89. The third kappa shape index (κ3) is 1.94. The Morgan fingerprint density at radius 3 is 3.07 bits per heavy atom. The van der Waals surface area contributed by atoms with Gasteiger partial charge in [-0.15, -0.1) is 0 Å². The molecule has 1 aliphatic rings. The molecule has 1 saturated heterocycles. The highest BCUT2D eigenvalue weighted by atomic mass is 16.5. The molecule has 1 aliphatic heterocycles. The van der Waals surface area contributed by atoms with Gasteiger partial charge in [-0.05, 0) is 25.0 Å². The first-order valence-electron chi connectivity index (χ1n) is 4.97. The van der Waals surface area contributed by atoms with Crippen LogP contribution in [0.5, 0.6) is 0 Å². The summed E-state index contributed by atoms with van der Waals surface area (Å²) in [6.07, 6.45) is 4.19. The van der Waals surface area contributed by atoms with E-state index in [1.807, 2.05) is 19.1 Å². The van der Waals surface area contributed by atoms with E-state index in [1.165, 1.54) is 0 Å². The van der Waals surface area contributed by atoms with Crippen LogP contribution in [0, 0.1) is 5.92 Å². The summed E-state index contributed by atoms with van der Waals surface area (Å²) < 4.78 is 5.43. The zero-order valence-electron chi connectivity index (χ0n) is 8.26. The van der Waals surface area contributed by atoms with Gasteiger partial charge in [0.2, 0.25) is 0 Å². The Balaban J connectivity index is 2.05. The minimum atomic E-state index is -0.436. The largest absolute Gasteiger partial charge is 0.388 e. The minimum Gasteiger partial charge on any atom is -0.388 e. The molecule has 0 radical (unpaired) electrons. The van der Waals surface area contributed by atoms with Gasteiger partial charge in [-0.1, -0.05) is 6.07 Å². The van der Waals surface area contributed by atoms with Gasteiger partial charge in [0.05, 0.1) is 18.8 Å². The predicted octanol–water partition coefficient (Wildman–Crippen LogP) is 1.54. The Labute approximate surface area is 83.7 Å². The molecule has 1 aromatic heterocycles. The third-order valence-electron chi connectivity index (χ3n) is 2.70. The molecule has 0 amide bonds. The summed E-state index contributed by atoms with van der Waals surface area (Å²) in [4.78, 5) is 4.00. The molecule has 3 unspecified atom stereocenters. The van der Waals surface area contributed by atoms with Crippen LogP contribution in [0.4, 0.5) is 0 Å². The van der Waals surface area contributed by atoms with Crippen LogP contribution >= 0.6 is 0 Å². The van der Waals surface area contributed by atoms with Crippen molar-refractivity contribution in [1.29, 1.82) is 0 Å². The second kappa shape index (κ2) is 4.07. The van der Waals surface area contributed by atoms with Gasteiger partial charge in [0.15, 0.2) is 0 Å². The molecule has 1 aromatic rings. The molecule has 3 nitrogen and oxygen atoms in total. The molecule has 0 spiro atoms. The topological polar surface area (TPSA) is 42.4 Å². The molecule has 14 heavy (non-hydrogen) atoms. The first-order valence-corrected chi connectivity index (χ1v) is 4.97. The van der Waals surface area contributed by atoms with Crippen LogP contribution in [0.3, 0.4) is 0 Å². The van der Waals surface area contributed by atoms with Gasteiger partial charge in [-0.2, -0.15) is 0 Å². The van der Waals surface area contributed by atoms with E-state index in [9.17, 15) is 5.11 Å². The van der Waals surface area contributed by atoms with Gasteiger partial charge in [-0.25, -0.2) is 0 Å². The van der Waals surface area contributed by atoms with Crippen molar-refractivity contribution in [3.05, 3.63) is 30.1 Å². The maximum absolute atomic E-state index is 10.0. The summed E-state index contributed by atoms with van der Waals surface area (Å²) in [5.74, 6) is 0.217. The molecular formula is C11H15NO2. The number of pyridine rings is 1. The van der Waals surface area contributed by atoms with E-state index in [-0.39, 0.29) is 12.0 Å². The van der Waals surface area contributed by atoms with Crippen LogP contribution < -0.4 is 0 Å². The van der Waals surface area contributed by atoms with Crippen LogP contribution in [0.1, 0.15) is 25.0 Å². The standard InChI is InChI=1S/C11H15NO2/c1-8-5-10(7-14-8)11(13)9-3-2-4-12-6-9/h2-4,6,8,10-11,13H,5,7H2,1H3. The number of aromatic nitrogens is 1. The SMILES string of the molecule is CC1CC(C(O)c2cccnc2)CO1. The van der Waals surface area contributed by atoms with Gasteiger partial charge in [0, 0.05) is 18.3 Å². The Hall–Kier alpha value is -0.930. The van der Waals surface area contributed by atoms with Gasteiger partial charge in [0.25, 0.3) is 0 Å². The number of hydrogen-bond donors (Lipinski definition) is 1. The Morgan fingerprint density at radius 1 is 1.64 bits per heavy atom. The van der Waals surface area contributed by atoms with Crippen LogP contribution in [-0.2, 0) is 4.74 Å². The number of rotatable bonds is 2. The van der Waals surface area contributed by atoms with E-state index in [2.05, 4.69) is 4.98 Å². The molecule has 1 fully saturated rings. The summed E-state index contributed by atoms with van der Waals surface area (Å²) in [6, 6.07) is 3.75. The third-order valence-corrected chi connectivity index (χ3v) is 2.70. The second-order valence-corrected chi connectivity index (χ2v) is 3.87. The molecule has 0 aromatic carbocycles. The van der Waals surface area contributed by atoms with Crippen LogP contribution in [0.25, 0.3) is 0 Å². The average Bonchev–Trinajstić information content (AvgIpc) is 2.65. The lowest BCUT2D eigenvalue weighted by Gasteiger charge is -2.16. The maximum atomic E-state index is 10.0. The highest BCUT2D eigenvalue weighted by Crippen LogP contribution is 2.30. The molecule has 3 heteroatoms. The van der Waals surface area contributed by atoms with Crippen LogP contribution in [-0.4, -0.2) is 22.8 Å². The second-order valence-electron chi connectivity index (χ2n) is 3.87. The lowest BCUT2D eigenvalue weighted by Crippen LogP contribution is -2.12. The maximum Gasteiger partial charge on any atom is 0.0856 e. The monoisotopic (exact) mass is 193 g/mol. The molecule has 1 N–H and O–H groups in total. The summed E-state index contributed by atoms with van der Waals surface area (Å²) >= 11 is 0. The highest BCUT2D eigenvalue weighted by molar-refractivity contribution is 5.13. The quantitative estimate of drug-likeness (QED) is 0.774. The van der Waals surface area contributed by atoms with Gasteiger partial charge >= 0.3 is 0 Å². The molecule has 0 aliphatic carbocycles. The zero-order chi connectivity index (χ0) is 9.97. The lowest BCUT2D eigenvalue weighted by atomic mass is 9.95. The van der Waals surface area contributed by atoms with E-state index in [4.69, 9.17) is 4.74 Å². The number of nitrogens with zero attached hydrogens (tertiary/aromatic N) is 1. The van der Waals surface area contributed by atoms with E-state index in [0.29, 0.717) is 6.61 Å². The molecule has 0 bridgehead atoms. The highest BCUT2D eigenvalue weighted by Gasteiger charge is 2.29. The van der Waals surface area contributed by atoms with Gasteiger partial charge in [-0.3, -0.25) is 4.98 Å². The van der Waals surface area contributed by atoms with Gasteiger partial charge in [0.1, 0.15) is 0 Å². The lowest BCUT2D eigenvalue weighted by molar-refractivity contribution is 0.0802. The number of hydrogen-bond acceptors (Lipinski definition) is 3. The summed E-state index contributed by atoms with van der Waals surface area (Å²) in [5.41, 5.74) is 0.884. The van der Waals surface area contributed by atoms with Crippen molar-refractivity contribution in [2.45, 2.75) is 25.6 Å². The fourth-order valence-electron chi connectivity index (χ4n) is 1.89. The van der Waals surface area contributed by atoms with Crippen molar-refractivity contribution in [3.8, 4) is 0 Å². The van der Waals surface area contributed by atoms with E-state index in [0.717, 1.165) is 12.0 Å². The molecular weight excluding hydrogens is 178 g/mol. The molecule has 2 rings (SSSR count). The smallest absolute Gasteiger partial charge is 0.0856 e. The molecule has 0 saturated carbocycles. The van der Waals surface area contributed by atoms with E-state index < -0.39 is 6.10 Å². The Kier molecular flexibility index (Phi) is 2.79. The van der Waals surface area contributed by atoms with Crippen molar-refractivity contribution < 1.29 is 9.84 Å². The molecule has 3 atom stereocenters. The Morgan fingerprint density at radius 2 is 2.50 bits per heavy atom. The fraction of sp³-hybridized carbons (Fsp3) is 0.545. The van der Waals surface area contributed by atoms with E-state index >= 15 is 0 Å². The summed E-state index contributed by atoms with van der Waals surface area (Å²) in [7, 11) is 0. The number of aliphatic hydroxyl groups excluding tert-OH is 1. The molecule has 2 heterocycles. The minimum absolute atomic E-state index is 0.217. The normalized spacial score (nSPS) is 29.0. The average molecular weight is 193 g/mol. The molecule has 76 valence electrons. The van der Waals surface area contributed by atoms with Crippen molar-refractivity contribution in [2.75, 3.05) is 6.61 Å².